The Labute approximate surface area is 190 Å². The molecule has 31 heavy (non-hydrogen) atoms. The molecule has 0 aliphatic heterocycles. The molecule has 0 aliphatic rings. The zero-order valence-corrected chi connectivity index (χ0v) is 19.4. The van der Waals surface area contributed by atoms with Crippen LogP contribution in [0.25, 0.3) is 11.3 Å². The number of nitrogens with zero attached hydrogens (tertiary/aromatic N) is 2. The predicted molar refractivity (Wildman–Crippen MR) is 123 cm³/mol. The lowest BCUT2D eigenvalue weighted by Crippen LogP contribution is -2.16. The molecule has 0 fully saturated rings. The van der Waals surface area contributed by atoms with Crippen LogP contribution in [0.3, 0.4) is 0 Å². The van der Waals surface area contributed by atoms with Crippen LogP contribution < -0.4 is 5.32 Å². The number of hydrogen-bond acceptors (Lipinski definition) is 9. The zero-order valence-electron chi connectivity index (χ0n) is 17.0. The third-order valence-corrected chi connectivity index (χ3v) is 7.42. The second kappa shape index (κ2) is 10.0. The minimum atomic E-state index is -0.450. The third kappa shape index (κ3) is 5.49. The van der Waals surface area contributed by atoms with Crippen molar-refractivity contribution in [3.05, 3.63) is 55.8 Å². The van der Waals surface area contributed by atoms with Crippen molar-refractivity contribution in [1.82, 2.24) is 4.98 Å². The van der Waals surface area contributed by atoms with E-state index in [2.05, 4.69) is 10.3 Å². The SMILES string of the molecule is CCOC(=O)c1c(NC(=O)CSc2nc(-c3cccc([N+](=O)[O-])c3)cs2)sc(C)c1C. The zero-order chi connectivity index (χ0) is 22.5. The summed E-state index contributed by atoms with van der Waals surface area (Å²) in [4.78, 5) is 40.6. The lowest BCUT2D eigenvalue weighted by Gasteiger charge is -2.06. The Hall–Kier alpha value is -2.76. The van der Waals surface area contributed by atoms with E-state index < -0.39 is 10.9 Å². The number of esters is 1. The minimum Gasteiger partial charge on any atom is -0.462 e. The van der Waals surface area contributed by atoms with Crippen molar-refractivity contribution >= 4 is 57.0 Å². The summed E-state index contributed by atoms with van der Waals surface area (Å²) in [7, 11) is 0. The van der Waals surface area contributed by atoms with Crippen molar-refractivity contribution in [2.24, 2.45) is 0 Å². The van der Waals surface area contributed by atoms with Gasteiger partial charge in [0.2, 0.25) is 5.91 Å². The second-order valence-electron chi connectivity index (χ2n) is 6.35. The predicted octanol–water partition coefficient (Wildman–Crippen LogP) is 5.30. The molecule has 3 aromatic rings. The molecule has 3 rings (SSSR count). The monoisotopic (exact) mass is 477 g/mol. The number of aryl methyl sites for hydroxylation is 1. The van der Waals surface area contributed by atoms with E-state index in [9.17, 15) is 19.7 Å². The molecule has 2 aromatic heterocycles. The van der Waals surface area contributed by atoms with Crippen molar-refractivity contribution in [3.63, 3.8) is 0 Å². The fourth-order valence-corrected chi connectivity index (χ4v) is 5.39. The van der Waals surface area contributed by atoms with Gasteiger partial charge in [0, 0.05) is 28.0 Å². The number of nitro benzene ring substituents is 1. The van der Waals surface area contributed by atoms with Crippen molar-refractivity contribution in [1.29, 1.82) is 0 Å². The lowest BCUT2D eigenvalue weighted by molar-refractivity contribution is -0.384. The van der Waals surface area contributed by atoms with Crippen LogP contribution in [0.15, 0.2) is 34.0 Å². The van der Waals surface area contributed by atoms with Gasteiger partial charge >= 0.3 is 5.97 Å². The van der Waals surface area contributed by atoms with Crippen molar-refractivity contribution in [3.8, 4) is 11.3 Å². The highest BCUT2D eigenvalue weighted by Crippen LogP contribution is 2.34. The van der Waals surface area contributed by atoms with Crippen LogP contribution in [-0.4, -0.2) is 34.1 Å². The number of ether oxygens (including phenoxy) is 1. The number of carbonyl (C=O) groups is 2. The van der Waals surface area contributed by atoms with Gasteiger partial charge in [-0.3, -0.25) is 14.9 Å². The first-order chi connectivity index (χ1) is 14.8. The molecule has 1 aromatic carbocycles. The summed E-state index contributed by atoms with van der Waals surface area (Å²) in [5, 5.41) is 16.0. The number of thiazole rings is 1. The van der Waals surface area contributed by atoms with Crippen molar-refractivity contribution < 1.29 is 19.2 Å². The summed E-state index contributed by atoms with van der Waals surface area (Å²) >= 11 is 3.96. The van der Waals surface area contributed by atoms with Crippen LogP contribution in [0.5, 0.6) is 0 Å². The Morgan fingerprint density at radius 1 is 1.32 bits per heavy atom. The summed E-state index contributed by atoms with van der Waals surface area (Å²) in [5.74, 6) is -0.599. The highest BCUT2D eigenvalue weighted by molar-refractivity contribution is 8.01. The number of non-ortho nitro benzene ring substituents is 1. The molecular formula is C20H19N3O5S3. The van der Waals surface area contributed by atoms with E-state index in [1.54, 1.807) is 24.4 Å². The first kappa shape index (κ1) is 22.9. The maximum absolute atomic E-state index is 12.5. The lowest BCUT2D eigenvalue weighted by atomic mass is 10.1. The van der Waals surface area contributed by atoms with Gasteiger partial charge < -0.3 is 10.1 Å². The molecule has 0 bridgehead atoms. The summed E-state index contributed by atoms with van der Waals surface area (Å²) in [6.45, 7) is 5.70. The summed E-state index contributed by atoms with van der Waals surface area (Å²) < 4.78 is 5.77. The van der Waals surface area contributed by atoms with Gasteiger partial charge in [0.15, 0.2) is 4.34 Å². The fourth-order valence-electron chi connectivity index (χ4n) is 2.69. The molecule has 0 spiro atoms. The molecule has 162 valence electrons. The van der Waals surface area contributed by atoms with Crippen molar-refractivity contribution in [2.45, 2.75) is 25.1 Å². The molecular weight excluding hydrogens is 458 g/mol. The summed E-state index contributed by atoms with van der Waals surface area (Å²) in [5.41, 5.74) is 2.45. The molecule has 0 aliphatic carbocycles. The Morgan fingerprint density at radius 3 is 2.81 bits per heavy atom. The van der Waals surface area contributed by atoms with E-state index in [4.69, 9.17) is 4.74 Å². The smallest absolute Gasteiger partial charge is 0.341 e. The number of nitro groups is 1. The quantitative estimate of drug-likeness (QED) is 0.203. The van der Waals surface area contributed by atoms with E-state index in [1.807, 2.05) is 13.8 Å². The number of thiophene rings is 1. The van der Waals surface area contributed by atoms with Gasteiger partial charge in [0.25, 0.3) is 5.69 Å². The van der Waals surface area contributed by atoms with E-state index >= 15 is 0 Å². The first-order valence-corrected chi connectivity index (χ1v) is 11.9. The summed E-state index contributed by atoms with van der Waals surface area (Å²) in [6, 6.07) is 6.25. The van der Waals surface area contributed by atoms with Gasteiger partial charge in [-0.25, -0.2) is 9.78 Å². The molecule has 8 nitrogen and oxygen atoms in total. The number of rotatable bonds is 8. The number of amides is 1. The highest BCUT2D eigenvalue weighted by Gasteiger charge is 2.22. The highest BCUT2D eigenvalue weighted by atomic mass is 32.2. The van der Waals surface area contributed by atoms with Crippen molar-refractivity contribution in [2.75, 3.05) is 17.7 Å². The van der Waals surface area contributed by atoms with Crippen LogP contribution >= 0.6 is 34.4 Å². The van der Waals surface area contributed by atoms with Gasteiger partial charge in [0.1, 0.15) is 5.00 Å². The Balaban J connectivity index is 1.65. The van der Waals surface area contributed by atoms with Gasteiger partial charge in [-0.2, -0.15) is 0 Å². The maximum atomic E-state index is 12.5. The third-order valence-electron chi connectivity index (χ3n) is 4.28. The molecule has 0 radical (unpaired) electrons. The number of benzene rings is 1. The number of hydrogen-bond donors (Lipinski definition) is 1. The topological polar surface area (TPSA) is 111 Å². The number of aromatic nitrogens is 1. The Morgan fingerprint density at radius 2 is 2.10 bits per heavy atom. The normalized spacial score (nSPS) is 10.7. The van der Waals surface area contributed by atoms with E-state index in [-0.39, 0.29) is 24.0 Å². The molecule has 2 heterocycles. The first-order valence-electron chi connectivity index (χ1n) is 9.20. The number of thioether (sulfide) groups is 1. The second-order valence-corrected chi connectivity index (χ2v) is 9.66. The number of nitrogens with one attached hydrogen (secondary N) is 1. The fraction of sp³-hybridized carbons (Fsp3) is 0.250. The van der Waals surface area contributed by atoms with Crippen LogP contribution in [-0.2, 0) is 9.53 Å². The average Bonchev–Trinajstić information content (AvgIpc) is 3.31. The molecule has 11 heteroatoms. The number of carbonyl (C=O) groups excluding carboxylic acids is 2. The standard InChI is InChI=1S/C20H19N3O5S3/c1-4-28-19(25)17-11(2)12(3)31-18(17)22-16(24)10-30-20-21-15(9-29-20)13-6-5-7-14(8-13)23(26)27/h5-9H,4,10H2,1-3H3,(H,22,24). The molecule has 0 atom stereocenters. The van der Waals surface area contributed by atoms with Crippen LogP contribution in [0, 0.1) is 24.0 Å². The molecule has 0 saturated heterocycles. The van der Waals surface area contributed by atoms with Gasteiger partial charge in [-0.05, 0) is 26.3 Å². The van der Waals surface area contributed by atoms with E-state index in [1.165, 1.54) is 46.6 Å². The van der Waals surface area contributed by atoms with E-state index in [0.717, 1.165) is 10.4 Å². The van der Waals surface area contributed by atoms with Gasteiger partial charge in [-0.1, -0.05) is 23.9 Å². The molecule has 1 amide bonds. The van der Waals surface area contributed by atoms with Gasteiger partial charge in [0.05, 0.1) is 28.5 Å². The molecule has 0 unspecified atom stereocenters. The van der Waals surface area contributed by atoms with E-state index in [0.29, 0.717) is 26.2 Å². The molecule has 1 N–H and O–H groups in total. The Kier molecular flexibility index (Phi) is 7.42. The number of anilines is 1. The van der Waals surface area contributed by atoms with Crippen LogP contribution in [0.1, 0.15) is 27.7 Å². The maximum Gasteiger partial charge on any atom is 0.341 e. The molecule has 0 saturated carbocycles. The van der Waals surface area contributed by atoms with Gasteiger partial charge in [-0.15, -0.1) is 22.7 Å². The minimum absolute atomic E-state index is 0.00183. The van der Waals surface area contributed by atoms with Crippen LogP contribution in [0.2, 0.25) is 0 Å². The average molecular weight is 478 g/mol. The Bertz CT molecular complexity index is 1140. The summed E-state index contributed by atoms with van der Waals surface area (Å²) in [6.07, 6.45) is 0. The van der Waals surface area contributed by atoms with Crippen LogP contribution in [0.4, 0.5) is 10.7 Å². The largest absolute Gasteiger partial charge is 0.462 e.